The molecule has 2 saturated carbocycles. The topological polar surface area (TPSA) is 18.5 Å². The summed E-state index contributed by atoms with van der Waals surface area (Å²) in [6.45, 7) is 0. The van der Waals surface area contributed by atoms with E-state index in [9.17, 15) is 0 Å². The fourth-order valence-corrected chi connectivity index (χ4v) is 6.86. The number of ether oxygens (including phenoxy) is 2. The largest absolute Gasteiger partial charge is 0.496 e. The van der Waals surface area contributed by atoms with Gasteiger partial charge in [0, 0.05) is 27.9 Å². The van der Waals surface area contributed by atoms with Gasteiger partial charge in [-0.15, -0.1) is 0 Å². The number of rotatable bonds is 2. The van der Waals surface area contributed by atoms with Crippen molar-refractivity contribution in [1.29, 1.82) is 0 Å². The van der Waals surface area contributed by atoms with Gasteiger partial charge < -0.3 is 9.47 Å². The molecule has 22 heavy (non-hydrogen) atoms. The minimum absolute atomic E-state index is 0.360. The molecule has 6 atom stereocenters. The predicted octanol–water partition coefficient (Wildman–Crippen LogP) is 4.04. The van der Waals surface area contributed by atoms with E-state index >= 15 is 0 Å². The molecule has 1 aromatic rings. The van der Waals surface area contributed by atoms with Crippen LogP contribution < -0.4 is 9.47 Å². The molecule has 0 saturated heterocycles. The molecule has 0 bridgehead atoms. The molecule has 0 aromatic heterocycles. The van der Waals surface area contributed by atoms with Crippen molar-refractivity contribution in [3.05, 3.63) is 47.6 Å². The number of methoxy groups -OCH3 is 2. The van der Waals surface area contributed by atoms with Gasteiger partial charge in [-0.3, -0.25) is 0 Å². The number of hydrogen-bond acceptors (Lipinski definition) is 2. The Morgan fingerprint density at radius 2 is 1.55 bits per heavy atom. The van der Waals surface area contributed by atoms with E-state index in [2.05, 4.69) is 36.4 Å². The molecule has 112 valence electrons. The monoisotopic (exact) mass is 292 g/mol. The maximum Gasteiger partial charge on any atom is 0.122 e. The van der Waals surface area contributed by atoms with E-state index in [0.29, 0.717) is 22.7 Å². The molecule has 0 amide bonds. The maximum absolute atomic E-state index is 5.76. The van der Waals surface area contributed by atoms with E-state index in [0.717, 1.165) is 23.3 Å². The second-order valence-corrected chi connectivity index (χ2v) is 7.70. The van der Waals surface area contributed by atoms with Crippen LogP contribution in [-0.4, -0.2) is 14.2 Å². The van der Waals surface area contributed by atoms with Crippen LogP contribution in [0.15, 0.2) is 36.4 Å². The average molecular weight is 292 g/mol. The van der Waals surface area contributed by atoms with Gasteiger partial charge in [-0.2, -0.15) is 0 Å². The first-order chi connectivity index (χ1) is 10.8. The molecular formula is C20H20O2. The molecule has 6 rings (SSSR count). The van der Waals surface area contributed by atoms with Crippen LogP contribution in [0.3, 0.4) is 0 Å². The van der Waals surface area contributed by atoms with E-state index in [1.54, 1.807) is 14.2 Å². The van der Waals surface area contributed by atoms with Gasteiger partial charge in [0.25, 0.3) is 0 Å². The first kappa shape index (κ1) is 11.8. The van der Waals surface area contributed by atoms with Crippen LogP contribution in [0, 0.1) is 22.7 Å². The Bertz CT molecular complexity index is 776. The Kier molecular flexibility index (Phi) is 1.77. The number of allylic oxidation sites excluding steroid dienone is 4. The van der Waals surface area contributed by atoms with Gasteiger partial charge >= 0.3 is 0 Å². The Morgan fingerprint density at radius 3 is 2.18 bits per heavy atom. The van der Waals surface area contributed by atoms with Crippen LogP contribution in [0.25, 0.3) is 0 Å². The predicted molar refractivity (Wildman–Crippen MR) is 84.4 cm³/mol. The third kappa shape index (κ3) is 0.893. The summed E-state index contributed by atoms with van der Waals surface area (Å²) in [5.41, 5.74) is 3.73. The highest BCUT2D eigenvalue weighted by atomic mass is 16.5. The fourth-order valence-electron chi connectivity index (χ4n) is 6.86. The quantitative estimate of drug-likeness (QED) is 0.766. The Labute approximate surface area is 130 Å². The Hall–Kier alpha value is -1.70. The normalized spacial score (nSPS) is 47.2. The Balaban J connectivity index is 1.64. The highest BCUT2D eigenvalue weighted by molar-refractivity contribution is 5.67. The summed E-state index contributed by atoms with van der Waals surface area (Å²) in [5, 5.41) is 0. The summed E-state index contributed by atoms with van der Waals surface area (Å²) in [6.07, 6.45) is 12.3. The van der Waals surface area contributed by atoms with Crippen LogP contribution in [0.2, 0.25) is 0 Å². The zero-order valence-corrected chi connectivity index (χ0v) is 13.0. The van der Waals surface area contributed by atoms with Crippen molar-refractivity contribution in [1.82, 2.24) is 0 Å². The van der Waals surface area contributed by atoms with Crippen molar-refractivity contribution >= 4 is 0 Å². The van der Waals surface area contributed by atoms with Crippen molar-refractivity contribution in [2.24, 2.45) is 22.7 Å². The van der Waals surface area contributed by atoms with Crippen LogP contribution in [0.4, 0.5) is 0 Å². The lowest BCUT2D eigenvalue weighted by Crippen LogP contribution is -2.48. The molecule has 1 aromatic carbocycles. The summed E-state index contributed by atoms with van der Waals surface area (Å²) in [4.78, 5) is 0. The molecule has 2 fully saturated rings. The zero-order chi connectivity index (χ0) is 14.7. The van der Waals surface area contributed by atoms with E-state index < -0.39 is 0 Å². The molecule has 0 unspecified atom stereocenters. The summed E-state index contributed by atoms with van der Waals surface area (Å²) < 4.78 is 11.5. The Morgan fingerprint density at radius 1 is 0.909 bits per heavy atom. The van der Waals surface area contributed by atoms with Crippen molar-refractivity contribution in [2.75, 3.05) is 14.2 Å². The van der Waals surface area contributed by atoms with Crippen molar-refractivity contribution < 1.29 is 9.47 Å². The van der Waals surface area contributed by atoms with E-state index in [1.807, 2.05) is 0 Å². The first-order valence-electron chi connectivity index (χ1n) is 8.39. The van der Waals surface area contributed by atoms with Gasteiger partial charge in [-0.1, -0.05) is 24.3 Å². The smallest absolute Gasteiger partial charge is 0.122 e. The number of fused-ring (bicyclic) bond motifs is 4. The second kappa shape index (κ2) is 3.29. The average Bonchev–Trinajstić information content (AvgIpc) is 3.10. The molecule has 0 aliphatic heterocycles. The van der Waals surface area contributed by atoms with Crippen LogP contribution in [0.5, 0.6) is 11.5 Å². The lowest BCUT2D eigenvalue weighted by Gasteiger charge is -2.55. The zero-order valence-electron chi connectivity index (χ0n) is 13.0. The van der Waals surface area contributed by atoms with Gasteiger partial charge in [-0.05, 0) is 42.7 Å². The van der Waals surface area contributed by atoms with Crippen molar-refractivity contribution in [2.45, 2.75) is 24.7 Å². The van der Waals surface area contributed by atoms with E-state index in [1.165, 1.54) is 24.0 Å². The molecule has 0 radical (unpaired) electrons. The molecule has 5 aliphatic rings. The van der Waals surface area contributed by atoms with Gasteiger partial charge in [-0.25, -0.2) is 0 Å². The SMILES string of the molecule is COc1ccc(OC)c2c1[C@@H]1[C@H]3[C@H]1[C@]14C=C[C@@]1(CC=CC4)[C@H]23. The van der Waals surface area contributed by atoms with Gasteiger partial charge in [0.1, 0.15) is 11.5 Å². The minimum Gasteiger partial charge on any atom is -0.496 e. The second-order valence-electron chi connectivity index (χ2n) is 7.70. The number of benzene rings is 1. The highest BCUT2D eigenvalue weighted by Gasteiger charge is 2.84. The summed E-state index contributed by atoms with van der Waals surface area (Å²) in [5.74, 6) is 5.14. The molecule has 2 heteroatoms. The van der Waals surface area contributed by atoms with E-state index in [-0.39, 0.29) is 0 Å². The van der Waals surface area contributed by atoms with Crippen LogP contribution in [-0.2, 0) is 0 Å². The van der Waals surface area contributed by atoms with Gasteiger partial charge in [0.2, 0.25) is 0 Å². The first-order valence-corrected chi connectivity index (χ1v) is 8.39. The third-order valence-electron chi connectivity index (χ3n) is 7.52. The summed E-state index contributed by atoms with van der Waals surface area (Å²) >= 11 is 0. The molecule has 0 heterocycles. The molecule has 2 nitrogen and oxygen atoms in total. The molecular weight excluding hydrogens is 272 g/mol. The van der Waals surface area contributed by atoms with Crippen LogP contribution in [0.1, 0.15) is 35.8 Å². The molecule has 5 aliphatic carbocycles. The third-order valence-corrected chi connectivity index (χ3v) is 7.52. The molecule has 0 N–H and O–H groups in total. The minimum atomic E-state index is 0.360. The lowest BCUT2D eigenvalue weighted by atomic mass is 9.48. The highest BCUT2D eigenvalue weighted by Crippen LogP contribution is 2.91. The molecule has 0 spiro atoms. The fraction of sp³-hybridized carbons (Fsp3) is 0.500. The van der Waals surface area contributed by atoms with E-state index in [4.69, 9.17) is 9.47 Å². The van der Waals surface area contributed by atoms with Crippen LogP contribution >= 0.6 is 0 Å². The van der Waals surface area contributed by atoms with Gasteiger partial charge in [0.15, 0.2) is 0 Å². The van der Waals surface area contributed by atoms with Crippen molar-refractivity contribution in [3.63, 3.8) is 0 Å². The lowest BCUT2D eigenvalue weighted by molar-refractivity contribution is 0.0837. The maximum atomic E-state index is 5.76. The standard InChI is InChI=1S/C20H20O2/c1-21-11-5-6-12(22-2)14-13(11)15-16-17(14)19-7-3-4-8-20(19,10-9-19)18(15)16/h3-6,9-10,15-18H,7-8H2,1-2H3/t15-,16-,17-,18+,19+,20+/m1/s1. The summed E-state index contributed by atoms with van der Waals surface area (Å²) in [6, 6.07) is 4.21. The number of hydrogen-bond donors (Lipinski definition) is 0. The van der Waals surface area contributed by atoms with Gasteiger partial charge in [0.05, 0.1) is 14.2 Å². The van der Waals surface area contributed by atoms with Crippen molar-refractivity contribution in [3.8, 4) is 11.5 Å². The summed E-state index contributed by atoms with van der Waals surface area (Å²) in [7, 11) is 3.61.